The molecule has 1 rings (SSSR count). The lowest BCUT2D eigenvalue weighted by atomic mass is 10.2. The molecule has 1 aromatic rings. The summed E-state index contributed by atoms with van der Waals surface area (Å²) in [4.78, 5) is 0.0450. The number of sulfonamides is 1. The van der Waals surface area contributed by atoms with Crippen LogP contribution in [0.15, 0.2) is 17.0 Å². The van der Waals surface area contributed by atoms with Crippen molar-refractivity contribution in [3.05, 3.63) is 27.7 Å². The second-order valence-corrected chi connectivity index (χ2v) is 5.41. The summed E-state index contributed by atoms with van der Waals surface area (Å²) in [5, 5.41) is 0.569. The first-order chi connectivity index (χ1) is 6.38. The van der Waals surface area contributed by atoms with E-state index in [0.717, 1.165) is 0 Å². The van der Waals surface area contributed by atoms with E-state index in [1.165, 1.54) is 19.2 Å². The molecule has 0 aromatic heterocycles. The van der Waals surface area contributed by atoms with Gasteiger partial charge in [0.25, 0.3) is 0 Å². The summed E-state index contributed by atoms with van der Waals surface area (Å²) in [6.07, 6.45) is 0. The Hall–Kier alpha value is -0.290. The Morgan fingerprint density at radius 1 is 1.21 bits per heavy atom. The fourth-order valence-electron chi connectivity index (χ4n) is 0.947. The molecule has 0 unspecified atom stereocenters. The molecule has 0 fully saturated rings. The quantitative estimate of drug-likeness (QED) is 0.879. The lowest BCUT2D eigenvalue weighted by Gasteiger charge is -2.07. The number of aryl methyl sites for hydroxylation is 1. The third-order valence-corrected chi connectivity index (χ3v) is 4.06. The van der Waals surface area contributed by atoms with Crippen molar-refractivity contribution in [2.24, 2.45) is 0 Å². The highest BCUT2D eigenvalue weighted by Gasteiger charge is 2.16. The summed E-state index contributed by atoms with van der Waals surface area (Å²) >= 11 is 11.5. The SMILES string of the molecule is CNS(=O)(=O)c1cc(C)c(Cl)cc1Cl. The van der Waals surface area contributed by atoms with E-state index in [-0.39, 0.29) is 9.92 Å². The Morgan fingerprint density at radius 3 is 2.29 bits per heavy atom. The molecular formula is C8H9Cl2NO2S. The maximum Gasteiger partial charge on any atom is 0.241 e. The number of benzene rings is 1. The van der Waals surface area contributed by atoms with E-state index in [1.807, 2.05) is 0 Å². The van der Waals surface area contributed by atoms with Gasteiger partial charge in [-0.25, -0.2) is 13.1 Å². The molecule has 0 bridgehead atoms. The number of hydrogen-bond acceptors (Lipinski definition) is 2. The summed E-state index contributed by atoms with van der Waals surface area (Å²) in [5.74, 6) is 0. The molecule has 1 N–H and O–H groups in total. The van der Waals surface area contributed by atoms with Crippen LogP contribution in [-0.2, 0) is 10.0 Å². The van der Waals surface area contributed by atoms with Crippen molar-refractivity contribution >= 4 is 33.2 Å². The van der Waals surface area contributed by atoms with Gasteiger partial charge in [-0.05, 0) is 31.7 Å². The van der Waals surface area contributed by atoms with E-state index in [1.54, 1.807) is 6.92 Å². The highest BCUT2D eigenvalue weighted by molar-refractivity contribution is 7.89. The molecular weight excluding hydrogens is 245 g/mol. The number of hydrogen-bond donors (Lipinski definition) is 1. The zero-order chi connectivity index (χ0) is 10.9. The van der Waals surface area contributed by atoms with E-state index in [0.29, 0.717) is 10.6 Å². The molecule has 0 saturated heterocycles. The molecule has 14 heavy (non-hydrogen) atoms. The average Bonchev–Trinajstić information content (AvgIpc) is 2.11. The fraction of sp³-hybridized carbons (Fsp3) is 0.250. The number of nitrogens with one attached hydrogen (secondary N) is 1. The van der Waals surface area contributed by atoms with Gasteiger partial charge < -0.3 is 0 Å². The number of rotatable bonds is 2. The topological polar surface area (TPSA) is 46.2 Å². The Balaban J connectivity index is 3.45. The van der Waals surface area contributed by atoms with Crippen molar-refractivity contribution in [1.82, 2.24) is 4.72 Å². The van der Waals surface area contributed by atoms with Crippen molar-refractivity contribution in [3.8, 4) is 0 Å². The molecule has 0 saturated carbocycles. The van der Waals surface area contributed by atoms with Gasteiger partial charge in [-0.15, -0.1) is 0 Å². The van der Waals surface area contributed by atoms with Crippen molar-refractivity contribution in [2.45, 2.75) is 11.8 Å². The van der Waals surface area contributed by atoms with E-state index in [2.05, 4.69) is 4.72 Å². The lowest BCUT2D eigenvalue weighted by Crippen LogP contribution is -2.19. The Kier molecular flexibility index (Phi) is 3.42. The molecule has 0 spiro atoms. The minimum absolute atomic E-state index is 0.0450. The smallest absolute Gasteiger partial charge is 0.214 e. The second-order valence-electron chi connectivity index (χ2n) is 2.74. The van der Waals surface area contributed by atoms with Crippen molar-refractivity contribution in [3.63, 3.8) is 0 Å². The molecule has 0 amide bonds. The van der Waals surface area contributed by atoms with Crippen LogP contribution in [0.4, 0.5) is 0 Å². The normalized spacial score (nSPS) is 11.7. The standard InChI is InChI=1S/C8H9Cl2NO2S/c1-5-3-8(14(12,13)11-2)7(10)4-6(5)9/h3-4,11H,1-2H3. The van der Waals surface area contributed by atoms with Gasteiger partial charge in [0.1, 0.15) is 4.90 Å². The summed E-state index contributed by atoms with van der Waals surface area (Å²) in [7, 11) is -2.18. The Labute approximate surface area is 93.1 Å². The first-order valence-electron chi connectivity index (χ1n) is 3.77. The van der Waals surface area contributed by atoms with Crippen LogP contribution in [0.1, 0.15) is 5.56 Å². The lowest BCUT2D eigenvalue weighted by molar-refractivity contribution is 0.588. The van der Waals surface area contributed by atoms with Crippen LogP contribution in [-0.4, -0.2) is 15.5 Å². The summed E-state index contributed by atoms with van der Waals surface area (Å²) in [5.41, 5.74) is 0.671. The highest BCUT2D eigenvalue weighted by Crippen LogP contribution is 2.27. The predicted molar refractivity (Wildman–Crippen MR) is 57.4 cm³/mol. The largest absolute Gasteiger partial charge is 0.241 e. The van der Waals surface area contributed by atoms with E-state index in [9.17, 15) is 8.42 Å². The first-order valence-corrected chi connectivity index (χ1v) is 6.01. The van der Waals surface area contributed by atoms with Crippen LogP contribution in [0.25, 0.3) is 0 Å². The molecule has 6 heteroatoms. The van der Waals surface area contributed by atoms with Crippen LogP contribution in [0.3, 0.4) is 0 Å². The maximum absolute atomic E-state index is 11.4. The van der Waals surface area contributed by atoms with Gasteiger partial charge in [-0.1, -0.05) is 23.2 Å². The van der Waals surface area contributed by atoms with Gasteiger partial charge in [0.2, 0.25) is 10.0 Å². The molecule has 0 radical (unpaired) electrons. The van der Waals surface area contributed by atoms with Gasteiger partial charge in [0.05, 0.1) is 5.02 Å². The van der Waals surface area contributed by atoms with Gasteiger partial charge in [-0.2, -0.15) is 0 Å². The van der Waals surface area contributed by atoms with E-state index in [4.69, 9.17) is 23.2 Å². The van der Waals surface area contributed by atoms with E-state index >= 15 is 0 Å². The molecule has 3 nitrogen and oxygen atoms in total. The van der Waals surface area contributed by atoms with Crippen molar-refractivity contribution in [2.75, 3.05) is 7.05 Å². The third-order valence-electron chi connectivity index (χ3n) is 1.77. The molecule has 0 aliphatic carbocycles. The third kappa shape index (κ3) is 2.20. The molecule has 78 valence electrons. The predicted octanol–water partition coefficient (Wildman–Crippen LogP) is 2.21. The van der Waals surface area contributed by atoms with Crippen LogP contribution in [0.2, 0.25) is 10.0 Å². The van der Waals surface area contributed by atoms with Crippen LogP contribution >= 0.6 is 23.2 Å². The zero-order valence-electron chi connectivity index (χ0n) is 7.64. The highest BCUT2D eigenvalue weighted by atomic mass is 35.5. The monoisotopic (exact) mass is 253 g/mol. The van der Waals surface area contributed by atoms with Gasteiger partial charge in [0, 0.05) is 5.02 Å². The molecule has 0 aliphatic rings. The Bertz CT molecular complexity index is 457. The second kappa shape index (κ2) is 4.06. The van der Waals surface area contributed by atoms with Crippen LogP contribution in [0, 0.1) is 6.92 Å². The molecule has 1 aromatic carbocycles. The molecule has 0 heterocycles. The summed E-state index contributed by atoms with van der Waals surface area (Å²) < 4.78 is 25.1. The maximum atomic E-state index is 11.4. The minimum atomic E-state index is -3.51. The van der Waals surface area contributed by atoms with Gasteiger partial charge in [-0.3, -0.25) is 0 Å². The summed E-state index contributed by atoms with van der Waals surface area (Å²) in [6, 6.07) is 2.86. The molecule has 0 aliphatic heterocycles. The molecule has 0 atom stereocenters. The minimum Gasteiger partial charge on any atom is -0.214 e. The average molecular weight is 254 g/mol. The Morgan fingerprint density at radius 2 is 1.79 bits per heavy atom. The number of halogens is 2. The fourth-order valence-corrected chi connectivity index (χ4v) is 2.50. The van der Waals surface area contributed by atoms with E-state index < -0.39 is 10.0 Å². The van der Waals surface area contributed by atoms with Crippen molar-refractivity contribution < 1.29 is 8.42 Å². The van der Waals surface area contributed by atoms with Crippen LogP contribution in [0.5, 0.6) is 0 Å². The zero-order valence-corrected chi connectivity index (χ0v) is 9.96. The van der Waals surface area contributed by atoms with Crippen LogP contribution < -0.4 is 4.72 Å². The van der Waals surface area contributed by atoms with Crippen molar-refractivity contribution in [1.29, 1.82) is 0 Å². The summed E-state index contributed by atoms with van der Waals surface area (Å²) in [6.45, 7) is 1.72. The first kappa shape index (κ1) is 11.8. The van der Waals surface area contributed by atoms with Gasteiger partial charge >= 0.3 is 0 Å². The van der Waals surface area contributed by atoms with Gasteiger partial charge in [0.15, 0.2) is 0 Å².